The van der Waals surface area contributed by atoms with E-state index in [4.69, 9.17) is 0 Å². The van der Waals surface area contributed by atoms with Crippen molar-refractivity contribution in [2.45, 2.75) is 39.7 Å². The average molecular weight is 411 g/mol. The standard InChI is InChI=1S/C19H20F3N3O2S/c1-10-12(3)28-18-15(10)17(26)23-16(24-18)11(2)25(4)9-13-5-7-14(8-6-13)27-19(20,21)22/h5-8,11H,9H2,1-4H3,(H,23,24,26). The first kappa shape index (κ1) is 20.3. The Morgan fingerprint density at radius 2 is 1.89 bits per heavy atom. The number of nitrogens with one attached hydrogen (secondary N) is 1. The van der Waals surface area contributed by atoms with Crippen LogP contribution in [0.5, 0.6) is 5.75 Å². The molecule has 0 aliphatic carbocycles. The Labute approximate surface area is 163 Å². The molecule has 5 nitrogen and oxygen atoms in total. The molecule has 9 heteroatoms. The van der Waals surface area contributed by atoms with Crippen molar-refractivity contribution in [3.05, 3.63) is 56.4 Å². The fourth-order valence-electron chi connectivity index (χ4n) is 2.90. The maximum Gasteiger partial charge on any atom is 0.573 e. The molecule has 28 heavy (non-hydrogen) atoms. The number of hydrogen-bond acceptors (Lipinski definition) is 5. The van der Waals surface area contributed by atoms with Gasteiger partial charge in [0.2, 0.25) is 0 Å². The number of aromatic amines is 1. The lowest BCUT2D eigenvalue weighted by Gasteiger charge is -2.24. The van der Waals surface area contributed by atoms with Crippen molar-refractivity contribution in [2.75, 3.05) is 7.05 Å². The molecule has 0 saturated carbocycles. The Kier molecular flexibility index (Phi) is 5.49. The van der Waals surface area contributed by atoms with Crippen LogP contribution in [0.15, 0.2) is 29.1 Å². The van der Waals surface area contributed by atoms with Gasteiger partial charge in [0.15, 0.2) is 0 Å². The minimum Gasteiger partial charge on any atom is -0.406 e. The molecule has 2 heterocycles. The van der Waals surface area contributed by atoms with E-state index in [1.807, 2.05) is 32.7 Å². The fraction of sp³-hybridized carbons (Fsp3) is 0.368. The molecule has 2 aromatic heterocycles. The molecule has 0 saturated heterocycles. The number of H-pyrrole nitrogens is 1. The number of hydrogen-bond donors (Lipinski definition) is 1. The largest absolute Gasteiger partial charge is 0.573 e. The van der Waals surface area contributed by atoms with Gasteiger partial charge in [-0.2, -0.15) is 0 Å². The molecule has 0 fully saturated rings. The van der Waals surface area contributed by atoms with Crippen molar-refractivity contribution >= 4 is 21.6 Å². The van der Waals surface area contributed by atoms with E-state index >= 15 is 0 Å². The van der Waals surface area contributed by atoms with Gasteiger partial charge in [-0.1, -0.05) is 12.1 Å². The van der Waals surface area contributed by atoms with Crippen molar-refractivity contribution in [2.24, 2.45) is 0 Å². The van der Waals surface area contributed by atoms with Gasteiger partial charge in [0.05, 0.1) is 11.4 Å². The summed E-state index contributed by atoms with van der Waals surface area (Å²) in [5.41, 5.74) is 1.60. The van der Waals surface area contributed by atoms with Crippen molar-refractivity contribution in [1.29, 1.82) is 0 Å². The third-order valence-electron chi connectivity index (χ3n) is 4.70. The maximum atomic E-state index is 12.5. The van der Waals surface area contributed by atoms with Gasteiger partial charge in [-0.25, -0.2) is 4.98 Å². The molecule has 0 amide bonds. The summed E-state index contributed by atoms with van der Waals surface area (Å²) in [6, 6.07) is 5.53. The molecular weight excluding hydrogens is 391 g/mol. The molecule has 1 unspecified atom stereocenters. The quantitative estimate of drug-likeness (QED) is 0.662. The summed E-state index contributed by atoms with van der Waals surface area (Å²) in [5, 5.41) is 0.626. The van der Waals surface area contributed by atoms with Crippen LogP contribution in [-0.4, -0.2) is 28.3 Å². The van der Waals surface area contributed by atoms with Crippen LogP contribution in [0.4, 0.5) is 13.2 Å². The molecule has 3 rings (SSSR count). The van der Waals surface area contributed by atoms with Gasteiger partial charge in [-0.3, -0.25) is 9.69 Å². The van der Waals surface area contributed by atoms with Gasteiger partial charge in [-0.05, 0) is 51.1 Å². The first-order valence-corrected chi connectivity index (χ1v) is 9.41. The monoisotopic (exact) mass is 411 g/mol. The Hall–Kier alpha value is -2.39. The van der Waals surface area contributed by atoms with E-state index in [2.05, 4.69) is 14.7 Å². The summed E-state index contributed by atoms with van der Waals surface area (Å²) < 4.78 is 40.6. The van der Waals surface area contributed by atoms with E-state index in [-0.39, 0.29) is 17.4 Å². The highest BCUT2D eigenvalue weighted by molar-refractivity contribution is 7.18. The van der Waals surface area contributed by atoms with Crippen LogP contribution in [-0.2, 0) is 6.54 Å². The van der Waals surface area contributed by atoms with Crippen LogP contribution in [0.25, 0.3) is 10.2 Å². The number of fused-ring (bicyclic) bond motifs is 1. The normalized spacial score (nSPS) is 13.3. The van der Waals surface area contributed by atoms with E-state index < -0.39 is 6.36 Å². The van der Waals surface area contributed by atoms with Gasteiger partial charge < -0.3 is 9.72 Å². The van der Waals surface area contributed by atoms with Crippen molar-refractivity contribution < 1.29 is 17.9 Å². The molecule has 0 aliphatic rings. The second-order valence-corrected chi connectivity index (χ2v) is 7.90. The Balaban J connectivity index is 1.76. The Bertz CT molecular complexity index is 1040. The minimum atomic E-state index is -4.71. The predicted molar refractivity (Wildman–Crippen MR) is 103 cm³/mol. The number of aromatic nitrogens is 2. The van der Waals surface area contributed by atoms with Crippen molar-refractivity contribution in [3.8, 4) is 5.75 Å². The van der Waals surface area contributed by atoms with E-state index in [0.717, 1.165) is 16.0 Å². The molecule has 1 aromatic carbocycles. The second kappa shape index (κ2) is 7.56. The Morgan fingerprint density at radius 1 is 1.25 bits per heavy atom. The highest BCUT2D eigenvalue weighted by Crippen LogP contribution is 2.28. The van der Waals surface area contributed by atoms with E-state index in [9.17, 15) is 18.0 Å². The van der Waals surface area contributed by atoms with Crippen LogP contribution in [0, 0.1) is 13.8 Å². The van der Waals surface area contributed by atoms with E-state index in [1.54, 1.807) is 12.1 Å². The zero-order valence-electron chi connectivity index (χ0n) is 15.8. The van der Waals surface area contributed by atoms with Gasteiger partial charge in [0.1, 0.15) is 16.4 Å². The number of thiophene rings is 1. The first-order valence-electron chi connectivity index (χ1n) is 8.60. The number of benzene rings is 1. The predicted octanol–water partition coefficient (Wildman–Crippen LogP) is 4.69. The third-order valence-corrected chi connectivity index (χ3v) is 5.80. The summed E-state index contributed by atoms with van der Waals surface area (Å²) >= 11 is 1.49. The van der Waals surface area contributed by atoms with Crippen LogP contribution in [0.2, 0.25) is 0 Å². The molecule has 1 atom stereocenters. The number of alkyl halides is 3. The minimum absolute atomic E-state index is 0.157. The lowest BCUT2D eigenvalue weighted by Crippen LogP contribution is -2.25. The zero-order chi connectivity index (χ0) is 20.6. The summed E-state index contributed by atoms with van der Waals surface area (Å²) in [7, 11) is 1.86. The molecule has 1 N–H and O–H groups in total. The molecule has 3 aromatic rings. The summed E-state index contributed by atoms with van der Waals surface area (Å²) in [6.07, 6.45) is -4.71. The fourth-order valence-corrected chi connectivity index (χ4v) is 3.94. The average Bonchev–Trinajstić information content (AvgIpc) is 2.89. The third kappa shape index (κ3) is 4.36. The molecule has 0 spiro atoms. The lowest BCUT2D eigenvalue weighted by atomic mass is 10.1. The summed E-state index contributed by atoms with van der Waals surface area (Å²) in [4.78, 5) is 23.7. The SMILES string of the molecule is Cc1sc2nc(C(C)N(C)Cc3ccc(OC(F)(F)F)cc3)[nH]c(=O)c2c1C. The second-order valence-electron chi connectivity index (χ2n) is 6.70. The molecule has 0 bridgehead atoms. The summed E-state index contributed by atoms with van der Waals surface area (Å²) in [5.74, 6) is 0.296. The summed E-state index contributed by atoms with van der Waals surface area (Å²) in [6.45, 7) is 6.26. The smallest absolute Gasteiger partial charge is 0.406 e. The van der Waals surface area contributed by atoms with Gasteiger partial charge in [-0.15, -0.1) is 24.5 Å². The molecule has 0 radical (unpaired) electrons. The lowest BCUT2D eigenvalue weighted by molar-refractivity contribution is -0.274. The van der Waals surface area contributed by atoms with E-state index in [1.165, 1.54) is 23.5 Å². The van der Waals surface area contributed by atoms with Crippen LogP contribution >= 0.6 is 11.3 Å². The number of nitrogens with zero attached hydrogens (tertiary/aromatic N) is 2. The van der Waals surface area contributed by atoms with Crippen LogP contribution in [0.3, 0.4) is 0 Å². The zero-order valence-corrected chi connectivity index (χ0v) is 16.7. The van der Waals surface area contributed by atoms with Gasteiger partial charge >= 0.3 is 6.36 Å². The van der Waals surface area contributed by atoms with Crippen molar-refractivity contribution in [1.82, 2.24) is 14.9 Å². The van der Waals surface area contributed by atoms with Crippen LogP contribution in [0.1, 0.15) is 34.8 Å². The topological polar surface area (TPSA) is 58.2 Å². The number of ether oxygens (including phenoxy) is 1. The van der Waals surface area contributed by atoms with Gasteiger partial charge in [0.25, 0.3) is 5.56 Å². The number of aryl methyl sites for hydroxylation is 2. The Morgan fingerprint density at radius 3 is 2.50 bits per heavy atom. The molecule has 150 valence electrons. The maximum absolute atomic E-state index is 12.5. The van der Waals surface area contributed by atoms with Crippen molar-refractivity contribution in [3.63, 3.8) is 0 Å². The highest BCUT2D eigenvalue weighted by atomic mass is 32.1. The van der Waals surface area contributed by atoms with E-state index in [0.29, 0.717) is 22.6 Å². The number of halogens is 3. The first-order chi connectivity index (χ1) is 13.0. The van der Waals surface area contributed by atoms with Crippen LogP contribution < -0.4 is 10.3 Å². The molecular formula is C19H20F3N3O2S. The van der Waals surface area contributed by atoms with Gasteiger partial charge in [0, 0.05) is 11.4 Å². The highest BCUT2D eigenvalue weighted by Gasteiger charge is 2.31. The number of rotatable bonds is 5. The molecule has 0 aliphatic heterocycles.